The fourth-order valence-electron chi connectivity index (χ4n) is 2.11. The van der Waals surface area contributed by atoms with Crippen LogP contribution < -0.4 is 0 Å². The second-order valence-electron chi connectivity index (χ2n) is 4.11. The van der Waals surface area contributed by atoms with Gasteiger partial charge in [0.2, 0.25) is 5.24 Å². The monoisotopic (exact) mass is 282 g/mol. The quantitative estimate of drug-likeness (QED) is 0.526. The number of alkyl halides is 6. The van der Waals surface area contributed by atoms with E-state index in [-0.39, 0.29) is 0 Å². The van der Waals surface area contributed by atoms with Crippen LogP contribution in [0.5, 0.6) is 0 Å². The summed E-state index contributed by atoms with van der Waals surface area (Å²) in [5, 5.41) is -1.35. The van der Waals surface area contributed by atoms with Crippen molar-refractivity contribution in [1.82, 2.24) is 0 Å². The topological polar surface area (TPSA) is 17.1 Å². The summed E-state index contributed by atoms with van der Waals surface area (Å²) in [6, 6.07) is 0. The van der Waals surface area contributed by atoms with Gasteiger partial charge in [0.1, 0.15) is 0 Å². The third-order valence-corrected chi connectivity index (χ3v) is 3.31. The van der Waals surface area contributed by atoms with Crippen molar-refractivity contribution < 1.29 is 31.1 Å². The molecule has 1 saturated carbocycles. The van der Waals surface area contributed by atoms with Crippen LogP contribution in [0.15, 0.2) is 0 Å². The van der Waals surface area contributed by atoms with Crippen LogP contribution in [0.4, 0.5) is 26.3 Å². The highest BCUT2D eigenvalue weighted by Gasteiger charge is 2.54. The number of halogens is 7. The summed E-state index contributed by atoms with van der Waals surface area (Å²) in [4.78, 5) is 10.8. The number of hydrogen-bond acceptors (Lipinski definition) is 1. The first-order valence-electron chi connectivity index (χ1n) is 4.86. The Bertz CT molecular complexity index is 297. The maximum atomic E-state index is 12.5. The highest BCUT2D eigenvalue weighted by molar-refractivity contribution is 6.64. The maximum absolute atomic E-state index is 12.5. The lowest BCUT2D eigenvalue weighted by molar-refractivity contribution is -0.225. The molecule has 1 aliphatic carbocycles. The fourth-order valence-corrected chi connectivity index (χ4v) is 2.35. The summed E-state index contributed by atoms with van der Waals surface area (Å²) in [6.45, 7) is 0. The van der Waals surface area contributed by atoms with Crippen LogP contribution >= 0.6 is 11.6 Å². The molecule has 0 aliphatic heterocycles. The Labute approximate surface area is 98.1 Å². The van der Waals surface area contributed by atoms with Gasteiger partial charge in [0, 0.05) is 5.92 Å². The minimum Gasteiger partial charge on any atom is -0.281 e. The minimum absolute atomic E-state index is 0.617. The summed E-state index contributed by atoms with van der Waals surface area (Å²) in [6.07, 6.45) is -11.5. The lowest BCUT2D eigenvalue weighted by Crippen LogP contribution is -2.41. The van der Waals surface area contributed by atoms with Gasteiger partial charge in [-0.25, -0.2) is 0 Å². The van der Waals surface area contributed by atoms with Crippen molar-refractivity contribution in [3.63, 3.8) is 0 Å². The molecule has 0 spiro atoms. The van der Waals surface area contributed by atoms with E-state index in [1.165, 1.54) is 0 Å². The van der Waals surface area contributed by atoms with Crippen LogP contribution in [0, 0.1) is 17.8 Å². The predicted octanol–water partition coefficient (Wildman–Crippen LogP) is 3.91. The van der Waals surface area contributed by atoms with Crippen molar-refractivity contribution in [3.05, 3.63) is 0 Å². The summed E-state index contributed by atoms with van der Waals surface area (Å²) in [5.41, 5.74) is 0. The molecular formula is C9H9ClF6O. The third-order valence-electron chi connectivity index (χ3n) is 3.03. The number of hydrogen-bond donors (Lipinski definition) is 0. The van der Waals surface area contributed by atoms with Crippen molar-refractivity contribution in [2.45, 2.75) is 31.6 Å². The van der Waals surface area contributed by atoms with E-state index >= 15 is 0 Å². The maximum Gasteiger partial charge on any atom is 0.392 e. The average molecular weight is 283 g/mol. The second-order valence-corrected chi connectivity index (χ2v) is 4.48. The summed E-state index contributed by atoms with van der Waals surface area (Å²) in [7, 11) is 0. The van der Waals surface area contributed by atoms with E-state index in [1.54, 1.807) is 0 Å². The van der Waals surface area contributed by atoms with Gasteiger partial charge in [0.05, 0.1) is 11.8 Å². The molecule has 0 aromatic carbocycles. The molecule has 17 heavy (non-hydrogen) atoms. The number of carbonyl (C=O) groups excluding carboxylic acids is 1. The van der Waals surface area contributed by atoms with E-state index in [2.05, 4.69) is 0 Å². The lowest BCUT2D eigenvalue weighted by atomic mass is 9.74. The molecule has 1 rings (SSSR count). The first-order chi connectivity index (χ1) is 7.53. The minimum atomic E-state index is -4.69. The molecule has 0 aromatic rings. The lowest BCUT2D eigenvalue weighted by Gasteiger charge is -2.35. The van der Waals surface area contributed by atoms with Crippen molar-refractivity contribution in [3.8, 4) is 0 Å². The molecule has 0 saturated heterocycles. The zero-order valence-corrected chi connectivity index (χ0v) is 9.16. The Morgan fingerprint density at radius 1 is 1.00 bits per heavy atom. The Hall–Kier alpha value is -0.460. The molecule has 3 unspecified atom stereocenters. The van der Waals surface area contributed by atoms with Gasteiger partial charge in [-0.2, -0.15) is 26.3 Å². The Morgan fingerprint density at radius 3 is 1.88 bits per heavy atom. The van der Waals surface area contributed by atoms with Crippen LogP contribution in [0.25, 0.3) is 0 Å². The van der Waals surface area contributed by atoms with Crippen LogP contribution in [0.1, 0.15) is 19.3 Å². The predicted molar refractivity (Wildman–Crippen MR) is 47.3 cm³/mol. The normalized spacial score (nSPS) is 31.4. The molecule has 1 aliphatic rings. The molecular weight excluding hydrogens is 274 g/mol. The van der Waals surface area contributed by atoms with Crippen LogP contribution in [-0.4, -0.2) is 17.6 Å². The Kier molecular flexibility index (Phi) is 4.01. The van der Waals surface area contributed by atoms with Crippen LogP contribution in [0.2, 0.25) is 0 Å². The molecule has 100 valence electrons. The van der Waals surface area contributed by atoms with Crippen molar-refractivity contribution in [2.24, 2.45) is 17.8 Å². The van der Waals surface area contributed by atoms with Gasteiger partial charge in [-0.3, -0.25) is 4.79 Å². The summed E-state index contributed by atoms with van der Waals surface area (Å²) in [5.74, 6) is -5.74. The molecule has 0 N–H and O–H groups in total. The van der Waals surface area contributed by atoms with Crippen molar-refractivity contribution in [1.29, 1.82) is 0 Å². The van der Waals surface area contributed by atoms with Gasteiger partial charge >= 0.3 is 12.4 Å². The molecule has 0 amide bonds. The number of rotatable bonds is 1. The highest BCUT2D eigenvalue weighted by atomic mass is 35.5. The van der Waals surface area contributed by atoms with Gasteiger partial charge in [0.15, 0.2) is 0 Å². The van der Waals surface area contributed by atoms with Gasteiger partial charge in [-0.1, -0.05) is 0 Å². The molecule has 0 aromatic heterocycles. The van der Waals surface area contributed by atoms with Crippen LogP contribution in [0.3, 0.4) is 0 Å². The molecule has 0 heterocycles. The van der Waals surface area contributed by atoms with E-state index in [9.17, 15) is 31.1 Å². The largest absolute Gasteiger partial charge is 0.392 e. The zero-order valence-electron chi connectivity index (χ0n) is 8.41. The summed E-state index contributed by atoms with van der Waals surface area (Å²) < 4.78 is 74.5. The molecule has 0 bridgehead atoms. The van der Waals surface area contributed by atoms with E-state index < -0.39 is 54.6 Å². The van der Waals surface area contributed by atoms with E-state index in [0.29, 0.717) is 0 Å². The van der Waals surface area contributed by atoms with E-state index in [0.717, 1.165) is 0 Å². The molecule has 1 nitrogen and oxygen atoms in total. The van der Waals surface area contributed by atoms with Gasteiger partial charge < -0.3 is 0 Å². The molecule has 8 heteroatoms. The first-order valence-corrected chi connectivity index (χ1v) is 5.24. The van der Waals surface area contributed by atoms with Gasteiger partial charge in [0.25, 0.3) is 0 Å². The SMILES string of the molecule is O=C(Cl)C1CC(C(F)(F)F)CCC1C(F)(F)F. The Morgan fingerprint density at radius 2 is 1.53 bits per heavy atom. The van der Waals surface area contributed by atoms with Gasteiger partial charge in [-0.05, 0) is 30.9 Å². The standard InChI is InChI=1S/C9H9ClF6O/c10-7(17)5-3-4(8(11,12)13)1-2-6(5)9(14,15)16/h4-6H,1-3H2. The van der Waals surface area contributed by atoms with Crippen molar-refractivity contribution in [2.75, 3.05) is 0 Å². The number of carbonyl (C=O) groups is 1. The third kappa shape index (κ3) is 3.50. The summed E-state index contributed by atoms with van der Waals surface area (Å²) >= 11 is 4.97. The highest BCUT2D eigenvalue weighted by Crippen LogP contribution is 2.48. The second kappa shape index (κ2) is 4.66. The Balaban J connectivity index is 2.86. The average Bonchev–Trinajstić information content (AvgIpc) is 2.14. The van der Waals surface area contributed by atoms with Gasteiger partial charge in [-0.15, -0.1) is 0 Å². The van der Waals surface area contributed by atoms with Crippen molar-refractivity contribution >= 4 is 16.8 Å². The first kappa shape index (κ1) is 14.6. The smallest absolute Gasteiger partial charge is 0.281 e. The fraction of sp³-hybridized carbons (Fsp3) is 0.889. The zero-order chi connectivity index (χ0) is 13.4. The van der Waals surface area contributed by atoms with E-state index in [4.69, 9.17) is 11.6 Å². The molecule has 3 atom stereocenters. The molecule has 1 fully saturated rings. The van der Waals surface area contributed by atoms with Crippen LogP contribution in [-0.2, 0) is 4.79 Å². The van der Waals surface area contributed by atoms with E-state index in [1.807, 2.05) is 0 Å². The molecule has 0 radical (unpaired) electrons.